The molecule has 5 nitrogen and oxygen atoms in total. The second-order valence-corrected chi connectivity index (χ2v) is 5.74. The number of likely N-dealkylation sites (tertiary alicyclic amines) is 1. The number of carbonyl (C=O) groups excluding carboxylic acids is 1. The van der Waals surface area contributed by atoms with Crippen LogP contribution in [-0.4, -0.2) is 49.4 Å². The minimum absolute atomic E-state index is 0.0535. The number of halogens is 1. The molecule has 0 spiro atoms. The molecule has 1 amide bonds. The number of amides is 1. The summed E-state index contributed by atoms with van der Waals surface area (Å²) in [6, 6.07) is 4.39. The van der Waals surface area contributed by atoms with Gasteiger partial charge < -0.3 is 15.2 Å². The summed E-state index contributed by atoms with van der Waals surface area (Å²) in [6.45, 7) is 2.80. The third kappa shape index (κ3) is 3.71. The van der Waals surface area contributed by atoms with Gasteiger partial charge in [0.1, 0.15) is 5.82 Å². The van der Waals surface area contributed by atoms with Crippen molar-refractivity contribution in [3.63, 3.8) is 0 Å². The first-order valence-electron chi connectivity index (χ1n) is 7.22. The van der Waals surface area contributed by atoms with Crippen LogP contribution >= 0.6 is 0 Å². The lowest BCUT2D eigenvalue weighted by molar-refractivity contribution is 0.0747. The highest BCUT2D eigenvalue weighted by Crippen LogP contribution is 2.22. The first-order valence-corrected chi connectivity index (χ1v) is 7.22. The van der Waals surface area contributed by atoms with E-state index in [1.165, 1.54) is 12.1 Å². The van der Waals surface area contributed by atoms with E-state index in [2.05, 4.69) is 17.4 Å². The summed E-state index contributed by atoms with van der Waals surface area (Å²) in [5.74, 6) is 5.10. The molecule has 1 aliphatic rings. The van der Waals surface area contributed by atoms with Gasteiger partial charge in [-0.3, -0.25) is 10.6 Å². The summed E-state index contributed by atoms with van der Waals surface area (Å²) in [4.78, 5) is 16.4. The van der Waals surface area contributed by atoms with Crippen molar-refractivity contribution in [2.75, 3.05) is 39.2 Å². The smallest absolute Gasteiger partial charge is 0.255 e. The molecule has 0 radical (unpaired) electrons. The molecule has 1 aliphatic heterocycles. The highest BCUT2D eigenvalue weighted by molar-refractivity contribution is 5.99. The Morgan fingerprint density at radius 2 is 2.14 bits per heavy atom. The van der Waals surface area contributed by atoms with E-state index in [9.17, 15) is 9.18 Å². The van der Waals surface area contributed by atoms with E-state index >= 15 is 0 Å². The highest BCUT2D eigenvalue weighted by Gasteiger charge is 2.23. The Bertz CT molecular complexity index is 500. The molecule has 0 unspecified atom stereocenters. The number of nitrogen functional groups attached to an aromatic ring is 1. The number of nitrogens with one attached hydrogen (secondary N) is 1. The number of hydrogen-bond acceptors (Lipinski definition) is 4. The molecule has 0 atom stereocenters. The Balaban J connectivity index is 2.04. The van der Waals surface area contributed by atoms with E-state index in [4.69, 9.17) is 5.84 Å². The van der Waals surface area contributed by atoms with Crippen molar-refractivity contribution in [2.24, 2.45) is 11.8 Å². The Labute approximate surface area is 124 Å². The van der Waals surface area contributed by atoms with E-state index in [1.54, 1.807) is 18.0 Å². The zero-order valence-electron chi connectivity index (χ0n) is 12.6. The summed E-state index contributed by atoms with van der Waals surface area (Å²) in [5, 5.41) is 0. The lowest BCUT2D eigenvalue weighted by atomic mass is 9.96. The number of anilines is 1. The van der Waals surface area contributed by atoms with Crippen molar-refractivity contribution in [1.29, 1.82) is 0 Å². The standard InChI is InChI=1S/C15H23FN4O/c1-19-8-6-11(7-9-19)10-20(2)15(21)12-4-3-5-13(16)14(12)18-17/h3-5,11,18H,6-10,17H2,1-2H3. The van der Waals surface area contributed by atoms with Gasteiger partial charge >= 0.3 is 0 Å². The monoisotopic (exact) mass is 294 g/mol. The molecule has 0 aliphatic carbocycles. The van der Waals surface area contributed by atoms with Crippen LogP contribution in [0.15, 0.2) is 18.2 Å². The zero-order valence-corrected chi connectivity index (χ0v) is 12.6. The van der Waals surface area contributed by atoms with Gasteiger partial charge in [0.2, 0.25) is 0 Å². The number of piperidine rings is 1. The molecule has 6 heteroatoms. The van der Waals surface area contributed by atoms with Crippen LogP contribution in [-0.2, 0) is 0 Å². The van der Waals surface area contributed by atoms with Crippen molar-refractivity contribution >= 4 is 11.6 Å². The van der Waals surface area contributed by atoms with Crippen LogP contribution in [0.3, 0.4) is 0 Å². The molecule has 1 aromatic carbocycles. The number of carbonyl (C=O) groups is 1. The second-order valence-electron chi connectivity index (χ2n) is 5.74. The van der Waals surface area contributed by atoms with Gasteiger partial charge in [0.05, 0.1) is 11.3 Å². The SMILES string of the molecule is CN1CCC(CN(C)C(=O)c2cccc(F)c2NN)CC1. The van der Waals surface area contributed by atoms with Crippen LogP contribution in [0.5, 0.6) is 0 Å². The molecule has 0 saturated carbocycles. The van der Waals surface area contributed by atoms with Crippen LogP contribution in [0.25, 0.3) is 0 Å². The summed E-state index contributed by atoms with van der Waals surface area (Å²) in [6.07, 6.45) is 2.17. The molecule has 1 saturated heterocycles. The summed E-state index contributed by atoms with van der Waals surface area (Å²) >= 11 is 0. The molecular weight excluding hydrogens is 271 g/mol. The molecule has 0 bridgehead atoms. The predicted molar refractivity (Wildman–Crippen MR) is 81.4 cm³/mol. The first-order chi connectivity index (χ1) is 10.0. The number of hydrazine groups is 1. The van der Waals surface area contributed by atoms with Gasteiger partial charge in [0.25, 0.3) is 5.91 Å². The maximum Gasteiger partial charge on any atom is 0.255 e. The topological polar surface area (TPSA) is 61.6 Å². The Morgan fingerprint density at radius 1 is 1.48 bits per heavy atom. The van der Waals surface area contributed by atoms with Crippen molar-refractivity contribution in [3.8, 4) is 0 Å². The third-order valence-corrected chi connectivity index (χ3v) is 4.11. The molecule has 2 rings (SSSR count). The molecule has 3 N–H and O–H groups in total. The average molecular weight is 294 g/mol. The van der Waals surface area contributed by atoms with Gasteiger partial charge in [-0.1, -0.05) is 6.07 Å². The van der Waals surface area contributed by atoms with Gasteiger partial charge in [-0.25, -0.2) is 4.39 Å². The third-order valence-electron chi connectivity index (χ3n) is 4.11. The van der Waals surface area contributed by atoms with E-state index in [1.807, 2.05) is 0 Å². The van der Waals surface area contributed by atoms with Crippen molar-refractivity contribution in [3.05, 3.63) is 29.6 Å². The van der Waals surface area contributed by atoms with Crippen LogP contribution in [0.1, 0.15) is 23.2 Å². The lowest BCUT2D eigenvalue weighted by Gasteiger charge is -2.31. The Hall–Kier alpha value is -1.66. The minimum atomic E-state index is -0.518. The summed E-state index contributed by atoms with van der Waals surface area (Å²) < 4.78 is 13.7. The fraction of sp³-hybridized carbons (Fsp3) is 0.533. The second kappa shape index (κ2) is 6.87. The van der Waals surface area contributed by atoms with Crippen molar-refractivity contribution in [1.82, 2.24) is 9.80 Å². The van der Waals surface area contributed by atoms with E-state index in [0.717, 1.165) is 25.9 Å². The van der Waals surface area contributed by atoms with Gasteiger partial charge in [-0.05, 0) is 51.0 Å². The van der Waals surface area contributed by atoms with Gasteiger partial charge in [-0.15, -0.1) is 0 Å². The molecule has 1 heterocycles. The minimum Gasteiger partial charge on any atom is -0.341 e. The Kier molecular flexibility index (Phi) is 5.14. The maximum atomic E-state index is 13.7. The molecule has 21 heavy (non-hydrogen) atoms. The van der Waals surface area contributed by atoms with E-state index in [-0.39, 0.29) is 17.2 Å². The van der Waals surface area contributed by atoms with Crippen LogP contribution in [0, 0.1) is 11.7 Å². The number of nitrogens with two attached hydrogens (primary N) is 1. The average Bonchev–Trinajstić information content (AvgIpc) is 2.48. The summed E-state index contributed by atoms with van der Waals surface area (Å²) in [7, 11) is 3.86. The number of para-hydroxylation sites is 1. The quantitative estimate of drug-likeness (QED) is 0.653. The molecule has 1 fully saturated rings. The predicted octanol–water partition coefficient (Wildman–Crippen LogP) is 1.53. The normalized spacial score (nSPS) is 16.8. The van der Waals surface area contributed by atoms with Crippen molar-refractivity contribution in [2.45, 2.75) is 12.8 Å². The van der Waals surface area contributed by atoms with Crippen LogP contribution in [0.4, 0.5) is 10.1 Å². The van der Waals surface area contributed by atoms with Crippen LogP contribution < -0.4 is 11.3 Å². The zero-order chi connectivity index (χ0) is 15.4. The van der Waals surface area contributed by atoms with Crippen LogP contribution in [0.2, 0.25) is 0 Å². The van der Waals surface area contributed by atoms with Gasteiger partial charge in [0, 0.05) is 13.6 Å². The number of rotatable bonds is 4. The van der Waals surface area contributed by atoms with E-state index in [0.29, 0.717) is 12.5 Å². The number of benzene rings is 1. The van der Waals surface area contributed by atoms with Gasteiger partial charge in [0.15, 0.2) is 0 Å². The largest absolute Gasteiger partial charge is 0.341 e. The molecule has 116 valence electrons. The number of hydrogen-bond donors (Lipinski definition) is 2. The highest BCUT2D eigenvalue weighted by atomic mass is 19.1. The molecular formula is C15H23FN4O. The van der Waals surface area contributed by atoms with Gasteiger partial charge in [-0.2, -0.15) is 0 Å². The maximum absolute atomic E-state index is 13.7. The Morgan fingerprint density at radius 3 is 2.76 bits per heavy atom. The number of nitrogens with zero attached hydrogens (tertiary/aromatic N) is 2. The first kappa shape index (κ1) is 15.7. The van der Waals surface area contributed by atoms with Crippen molar-refractivity contribution < 1.29 is 9.18 Å². The lowest BCUT2D eigenvalue weighted by Crippen LogP contribution is -2.38. The molecule has 1 aromatic rings. The fourth-order valence-electron chi connectivity index (χ4n) is 2.77. The van der Waals surface area contributed by atoms with E-state index < -0.39 is 5.82 Å². The fourth-order valence-corrected chi connectivity index (χ4v) is 2.77. The molecule has 0 aromatic heterocycles. The summed E-state index contributed by atoms with van der Waals surface area (Å²) in [5.41, 5.74) is 2.60.